The van der Waals surface area contributed by atoms with E-state index in [1.165, 1.54) is 36.3 Å². The summed E-state index contributed by atoms with van der Waals surface area (Å²) in [6, 6.07) is 4.44. The van der Waals surface area contributed by atoms with Crippen LogP contribution >= 0.6 is 11.8 Å². The zero-order chi connectivity index (χ0) is 23.1. The van der Waals surface area contributed by atoms with Crippen molar-refractivity contribution in [3.8, 4) is 5.88 Å². The number of carbonyl (C=O) groups excluding carboxylic acids is 1. The zero-order valence-corrected chi connectivity index (χ0v) is 19.2. The minimum Gasteiger partial charge on any atom is -0.474 e. The number of hydrogen-bond acceptors (Lipinski definition) is 8. The third-order valence-corrected chi connectivity index (χ3v) is 7.00. The number of fused-ring (bicyclic) bond motifs is 1. The van der Waals surface area contributed by atoms with Crippen LogP contribution in [0.25, 0.3) is 0 Å². The molecule has 4 rings (SSSR count). The number of aliphatic imine (C=N–C) groups is 1. The van der Waals surface area contributed by atoms with Crippen LogP contribution in [0.3, 0.4) is 0 Å². The fourth-order valence-corrected chi connectivity index (χ4v) is 5.70. The molecule has 32 heavy (non-hydrogen) atoms. The molecule has 1 saturated carbocycles. The first-order valence-electron chi connectivity index (χ1n) is 10.3. The highest BCUT2D eigenvalue weighted by Crippen LogP contribution is 2.66. The molecule has 0 bridgehead atoms. The van der Waals surface area contributed by atoms with E-state index in [9.17, 15) is 9.18 Å². The van der Waals surface area contributed by atoms with Crippen molar-refractivity contribution >= 4 is 28.5 Å². The molecule has 1 aromatic heterocycles. The molecule has 3 atom stereocenters. The molecule has 1 aliphatic carbocycles. The molecule has 1 aliphatic heterocycles. The number of benzene rings is 1. The Balaban J connectivity index is 1.57. The molecule has 1 fully saturated rings. The molecule has 0 unspecified atom stereocenters. The van der Waals surface area contributed by atoms with Gasteiger partial charge in [-0.1, -0.05) is 11.8 Å². The second-order valence-corrected chi connectivity index (χ2v) is 9.94. The number of nitrogens with two attached hydrogens (primary N) is 1. The maximum absolute atomic E-state index is 14.9. The number of amides is 1. The number of anilines is 1. The van der Waals surface area contributed by atoms with Crippen LogP contribution < -0.4 is 15.8 Å². The van der Waals surface area contributed by atoms with Gasteiger partial charge in [0.2, 0.25) is 5.88 Å². The number of thioether (sulfide) groups is 1. The molecule has 3 N–H and O–H groups in total. The third-order valence-electron chi connectivity index (χ3n) is 5.73. The van der Waals surface area contributed by atoms with Crippen LogP contribution in [0.4, 0.5) is 10.1 Å². The lowest BCUT2D eigenvalue weighted by atomic mass is 9.85. The van der Waals surface area contributed by atoms with Gasteiger partial charge in [-0.05, 0) is 45.4 Å². The van der Waals surface area contributed by atoms with E-state index in [4.69, 9.17) is 15.2 Å². The highest BCUT2D eigenvalue weighted by molar-refractivity contribution is 8.15. The number of nitrogens with one attached hydrogen (secondary N) is 1. The van der Waals surface area contributed by atoms with Crippen molar-refractivity contribution < 1.29 is 18.7 Å². The summed E-state index contributed by atoms with van der Waals surface area (Å²) in [7, 11) is 1.64. The molecular formula is C22H26FN5O3S. The van der Waals surface area contributed by atoms with E-state index >= 15 is 0 Å². The van der Waals surface area contributed by atoms with E-state index in [2.05, 4.69) is 20.3 Å². The van der Waals surface area contributed by atoms with Gasteiger partial charge in [0, 0.05) is 24.3 Å². The highest BCUT2D eigenvalue weighted by atomic mass is 32.2. The fraction of sp³-hybridized carbons (Fsp3) is 0.455. The van der Waals surface area contributed by atoms with Crippen LogP contribution in [-0.2, 0) is 10.3 Å². The third kappa shape index (κ3) is 4.16. The van der Waals surface area contributed by atoms with Gasteiger partial charge in [0.1, 0.15) is 11.5 Å². The Hall–Kier alpha value is -2.72. The Morgan fingerprint density at radius 1 is 1.38 bits per heavy atom. The Morgan fingerprint density at radius 2 is 2.16 bits per heavy atom. The Morgan fingerprint density at radius 3 is 2.81 bits per heavy atom. The van der Waals surface area contributed by atoms with Gasteiger partial charge in [-0.25, -0.2) is 14.4 Å². The Bertz CT molecular complexity index is 1060. The van der Waals surface area contributed by atoms with Gasteiger partial charge < -0.3 is 20.5 Å². The lowest BCUT2D eigenvalue weighted by molar-refractivity contribution is 0.102. The molecule has 10 heteroatoms. The van der Waals surface area contributed by atoms with Gasteiger partial charge in [-0.3, -0.25) is 9.79 Å². The first-order valence-corrected chi connectivity index (χ1v) is 11.1. The number of ether oxygens (including phenoxy) is 2. The van der Waals surface area contributed by atoms with Crippen molar-refractivity contribution in [1.82, 2.24) is 9.97 Å². The SMILES string of the molecule is COC[C@]12C[C@H]1[C@@](C)(c1cc(NC(=O)c3cnc(OC(C)C)cn3)ccc1F)N=C(N)S2. The number of nitrogens with zero attached hydrogens (tertiary/aromatic N) is 3. The number of aromatic nitrogens is 2. The van der Waals surface area contributed by atoms with Gasteiger partial charge in [0.15, 0.2) is 5.17 Å². The first-order chi connectivity index (χ1) is 15.2. The second kappa shape index (κ2) is 8.32. The summed E-state index contributed by atoms with van der Waals surface area (Å²) in [4.78, 5) is 25.5. The van der Waals surface area contributed by atoms with Crippen LogP contribution in [0, 0.1) is 11.7 Å². The van der Waals surface area contributed by atoms with Gasteiger partial charge >= 0.3 is 0 Å². The van der Waals surface area contributed by atoms with Crippen molar-refractivity contribution in [2.45, 2.75) is 43.6 Å². The van der Waals surface area contributed by atoms with Gasteiger partial charge in [0.05, 0.1) is 35.4 Å². The maximum atomic E-state index is 14.9. The van der Waals surface area contributed by atoms with E-state index < -0.39 is 17.3 Å². The lowest BCUT2D eigenvalue weighted by Gasteiger charge is -2.34. The average molecular weight is 460 g/mol. The molecule has 2 heterocycles. The molecule has 1 aromatic carbocycles. The monoisotopic (exact) mass is 459 g/mol. The maximum Gasteiger partial charge on any atom is 0.275 e. The smallest absolute Gasteiger partial charge is 0.275 e. The molecule has 2 aliphatic rings. The predicted molar refractivity (Wildman–Crippen MR) is 121 cm³/mol. The summed E-state index contributed by atoms with van der Waals surface area (Å²) in [5.74, 6) is -0.448. The standard InChI is InChI=1S/C22H26FN5O3S/c1-12(2)31-18-10-25-16(9-26-18)19(29)27-13-5-6-15(23)14(7-13)21(3)17-8-22(17,11-30-4)32-20(24)28-21/h5-7,9-10,12,17H,8,11H2,1-4H3,(H2,24,28)(H,27,29)/t17-,21+,22+/m0/s1. The topological polar surface area (TPSA) is 112 Å². The fourth-order valence-electron chi connectivity index (χ4n) is 4.25. The molecule has 0 spiro atoms. The quantitative estimate of drug-likeness (QED) is 0.653. The molecule has 170 valence electrons. The zero-order valence-electron chi connectivity index (χ0n) is 18.4. The summed E-state index contributed by atoms with van der Waals surface area (Å²) < 4.78 is 25.6. The lowest BCUT2D eigenvalue weighted by Crippen LogP contribution is -2.37. The van der Waals surface area contributed by atoms with E-state index in [0.717, 1.165) is 6.42 Å². The van der Waals surface area contributed by atoms with Crippen LogP contribution in [0.2, 0.25) is 0 Å². The normalized spacial score (nSPS) is 26.3. The summed E-state index contributed by atoms with van der Waals surface area (Å²) in [5.41, 5.74) is 6.19. The highest BCUT2D eigenvalue weighted by Gasteiger charge is 2.66. The molecule has 1 amide bonds. The Labute approximate surface area is 190 Å². The molecule has 0 saturated heterocycles. The number of carbonyl (C=O) groups is 1. The second-order valence-electron chi connectivity index (χ2n) is 8.51. The number of hydrogen-bond donors (Lipinski definition) is 2. The molecule has 2 aromatic rings. The van der Waals surface area contributed by atoms with Gasteiger partial charge in [-0.15, -0.1) is 0 Å². The molecule has 0 radical (unpaired) electrons. The van der Waals surface area contributed by atoms with Crippen LogP contribution in [-0.4, -0.2) is 45.6 Å². The summed E-state index contributed by atoms with van der Waals surface area (Å²) in [5, 5.41) is 3.17. The van der Waals surface area contributed by atoms with Crippen molar-refractivity contribution in [3.63, 3.8) is 0 Å². The van der Waals surface area contributed by atoms with Crippen molar-refractivity contribution in [2.24, 2.45) is 16.6 Å². The van der Waals surface area contributed by atoms with Crippen LogP contribution in [0.1, 0.15) is 43.2 Å². The largest absolute Gasteiger partial charge is 0.474 e. The summed E-state index contributed by atoms with van der Waals surface area (Å²) >= 11 is 1.49. The van der Waals surface area contributed by atoms with E-state index in [0.29, 0.717) is 28.9 Å². The van der Waals surface area contributed by atoms with Crippen molar-refractivity contribution in [3.05, 3.63) is 47.7 Å². The minimum atomic E-state index is -0.853. The van der Waals surface area contributed by atoms with Crippen LogP contribution in [0.15, 0.2) is 35.6 Å². The Kier molecular flexibility index (Phi) is 5.85. The minimum absolute atomic E-state index is 0.0491. The first kappa shape index (κ1) is 22.5. The molecular weight excluding hydrogens is 433 g/mol. The van der Waals surface area contributed by atoms with Crippen LogP contribution in [0.5, 0.6) is 5.88 Å². The number of methoxy groups -OCH3 is 1. The number of rotatable bonds is 7. The summed E-state index contributed by atoms with van der Waals surface area (Å²) in [6.45, 7) is 6.14. The van der Waals surface area contributed by atoms with E-state index in [1.54, 1.807) is 13.2 Å². The number of halogens is 1. The van der Waals surface area contributed by atoms with Gasteiger partial charge in [-0.2, -0.15) is 0 Å². The molecule has 8 nitrogen and oxygen atoms in total. The average Bonchev–Trinajstić information content (AvgIpc) is 3.44. The summed E-state index contributed by atoms with van der Waals surface area (Å²) in [6.07, 6.45) is 3.51. The van der Waals surface area contributed by atoms with Crippen molar-refractivity contribution in [1.29, 1.82) is 0 Å². The van der Waals surface area contributed by atoms with Gasteiger partial charge in [0.25, 0.3) is 5.91 Å². The van der Waals surface area contributed by atoms with Crippen molar-refractivity contribution in [2.75, 3.05) is 19.0 Å². The predicted octanol–water partition coefficient (Wildman–Crippen LogP) is 3.34. The van der Waals surface area contributed by atoms with E-state index in [1.807, 2.05) is 20.8 Å². The number of amidine groups is 1. The van der Waals surface area contributed by atoms with E-state index in [-0.39, 0.29) is 22.5 Å².